The maximum atomic E-state index is 13.8. The van der Waals surface area contributed by atoms with Crippen molar-refractivity contribution in [2.24, 2.45) is 11.3 Å². The molecule has 2 saturated carbocycles. The number of aliphatic hydroxyl groups is 1. The number of β-amino-alcohol motifs (C(OH)–C–C–N with tert-alkyl or cyclic N) is 1. The maximum Gasteiger partial charge on any atom is 0.408 e. The Balaban J connectivity index is 1.80. The van der Waals surface area contributed by atoms with Crippen molar-refractivity contribution in [1.82, 2.24) is 15.5 Å². The van der Waals surface area contributed by atoms with E-state index in [1.54, 1.807) is 40.7 Å². The van der Waals surface area contributed by atoms with Gasteiger partial charge in [0.15, 0.2) is 0 Å². The molecular formula is C26H44N3O8P. The van der Waals surface area contributed by atoms with E-state index in [-0.39, 0.29) is 38.2 Å². The first kappa shape index (κ1) is 30.6. The standard InChI is InChI=1S/C26H44N3O8P/c1-7-17-15-26(17,38(34,35-8-2)36-9-3)28-22(31)20-14-18(30)16-29(20)23(32)21(25(4,5)6)27-24(33)37-19-12-10-11-13-19/h7,17-21,30H,1,8-16H2,2-6H3,(H,27,33)(H,28,31)/t17?,18-,20?,21-,26?/m1/s1. The van der Waals surface area contributed by atoms with E-state index in [0.29, 0.717) is 6.42 Å². The molecular weight excluding hydrogens is 513 g/mol. The van der Waals surface area contributed by atoms with Crippen LogP contribution >= 0.6 is 7.60 Å². The van der Waals surface area contributed by atoms with Crippen LogP contribution in [0.1, 0.15) is 73.1 Å². The first-order valence-corrected chi connectivity index (χ1v) is 15.2. The number of carbonyl (C=O) groups excluding carboxylic acids is 3. The van der Waals surface area contributed by atoms with Gasteiger partial charge in [0.2, 0.25) is 11.8 Å². The number of aliphatic hydroxyl groups excluding tert-OH is 1. The van der Waals surface area contributed by atoms with Gasteiger partial charge in [0.05, 0.1) is 19.3 Å². The lowest BCUT2D eigenvalue weighted by Crippen LogP contribution is -2.58. The van der Waals surface area contributed by atoms with Gasteiger partial charge in [0.1, 0.15) is 23.5 Å². The average Bonchev–Trinajstić information content (AvgIpc) is 3.13. The Hall–Kier alpha value is -1.94. The van der Waals surface area contributed by atoms with E-state index in [1.807, 2.05) is 0 Å². The third kappa shape index (κ3) is 6.43. The van der Waals surface area contributed by atoms with Crippen LogP contribution in [0.4, 0.5) is 4.79 Å². The summed E-state index contributed by atoms with van der Waals surface area (Å²) in [4.78, 5) is 41.3. The predicted molar refractivity (Wildman–Crippen MR) is 141 cm³/mol. The van der Waals surface area contributed by atoms with Crippen molar-refractivity contribution in [2.75, 3.05) is 19.8 Å². The Bertz CT molecular complexity index is 937. The highest BCUT2D eigenvalue weighted by Gasteiger charge is 2.68. The van der Waals surface area contributed by atoms with E-state index in [2.05, 4.69) is 17.2 Å². The number of amides is 3. The maximum absolute atomic E-state index is 13.8. The Labute approximate surface area is 225 Å². The van der Waals surface area contributed by atoms with Gasteiger partial charge < -0.3 is 34.4 Å². The molecule has 0 spiro atoms. The smallest absolute Gasteiger partial charge is 0.408 e. The highest BCUT2D eigenvalue weighted by Crippen LogP contribution is 2.72. The van der Waals surface area contributed by atoms with Crippen molar-refractivity contribution in [3.05, 3.63) is 12.7 Å². The third-order valence-corrected chi connectivity index (χ3v) is 10.3. The molecule has 5 atom stereocenters. The lowest BCUT2D eigenvalue weighted by molar-refractivity contribution is -0.142. The molecule has 12 heteroatoms. The molecule has 3 aliphatic rings. The second kappa shape index (κ2) is 12.1. The largest absolute Gasteiger partial charge is 0.446 e. The molecule has 11 nitrogen and oxygen atoms in total. The lowest BCUT2D eigenvalue weighted by Gasteiger charge is -2.36. The average molecular weight is 558 g/mol. The van der Waals surface area contributed by atoms with Crippen LogP contribution in [0.15, 0.2) is 12.7 Å². The van der Waals surface area contributed by atoms with Gasteiger partial charge in [-0.1, -0.05) is 26.8 Å². The minimum absolute atomic E-state index is 0.00334. The summed E-state index contributed by atoms with van der Waals surface area (Å²) in [5.41, 5.74) is -0.703. The van der Waals surface area contributed by atoms with Gasteiger partial charge in [0, 0.05) is 18.9 Å². The number of alkyl carbamates (subject to hydrolysis) is 1. The number of likely N-dealkylation sites (tertiary alicyclic amines) is 1. The number of nitrogens with zero attached hydrogens (tertiary/aromatic N) is 1. The normalized spacial score (nSPS) is 28.6. The lowest BCUT2D eigenvalue weighted by atomic mass is 9.85. The molecule has 1 saturated heterocycles. The summed E-state index contributed by atoms with van der Waals surface area (Å²) >= 11 is 0. The summed E-state index contributed by atoms with van der Waals surface area (Å²) < 4.78 is 30.3. The molecule has 3 fully saturated rings. The molecule has 0 aromatic carbocycles. The van der Waals surface area contributed by atoms with Gasteiger partial charge in [-0.25, -0.2) is 4.79 Å². The van der Waals surface area contributed by atoms with Gasteiger partial charge in [-0.3, -0.25) is 14.2 Å². The molecule has 0 radical (unpaired) electrons. The molecule has 216 valence electrons. The number of nitrogens with one attached hydrogen (secondary N) is 2. The number of hydrogen-bond acceptors (Lipinski definition) is 8. The fourth-order valence-corrected chi connectivity index (χ4v) is 7.81. The molecule has 3 amide bonds. The molecule has 0 bridgehead atoms. The molecule has 2 aliphatic carbocycles. The highest BCUT2D eigenvalue weighted by molar-refractivity contribution is 7.56. The Morgan fingerprint density at radius 3 is 2.29 bits per heavy atom. The zero-order valence-electron chi connectivity index (χ0n) is 23.2. The number of carbonyl (C=O) groups is 3. The van der Waals surface area contributed by atoms with Crippen LogP contribution in [-0.4, -0.2) is 77.2 Å². The van der Waals surface area contributed by atoms with Gasteiger partial charge in [0.25, 0.3) is 0 Å². The van der Waals surface area contributed by atoms with Gasteiger partial charge in [-0.05, 0) is 51.4 Å². The molecule has 3 rings (SSSR count). The molecule has 3 N–H and O–H groups in total. The monoisotopic (exact) mass is 557 g/mol. The zero-order chi connectivity index (χ0) is 28.3. The van der Waals surface area contributed by atoms with Crippen LogP contribution < -0.4 is 10.6 Å². The molecule has 1 heterocycles. The first-order valence-electron chi connectivity index (χ1n) is 13.6. The van der Waals surface area contributed by atoms with E-state index < -0.39 is 54.4 Å². The predicted octanol–water partition coefficient (Wildman–Crippen LogP) is 3.32. The van der Waals surface area contributed by atoms with Crippen molar-refractivity contribution in [3.63, 3.8) is 0 Å². The quantitative estimate of drug-likeness (QED) is 0.259. The van der Waals surface area contributed by atoms with E-state index in [0.717, 1.165) is 25.7 Å². The minimum atomic E-state index is -3.76. The second-order valence-electron chi connectivity index (χ2n) is 11.4. The topological polar surface area (TPSA) is 144 Å². The van der Waals surface area contributed by atoms with Crippen molar-refractivity contribution >= 4 is 25.5 Å². The zero-order valence-corrected chi connectivity index (χ0v) is 24.1. The van der Waals surface area contributed by atoms with Crippen LogP contribution in [-0.2, 0) is 27.9 Å². The molecule has 3 unspecified atom stereocenters. The summed E-state index contributed by atoms with van der Waals surface area (Å²) in [5, 5.41) is 14.7. The number of rotatable bonds is 11. The SMILES string of the molecule is C=CC1CC1(NC(=O)C1C[C@@H](O)CN1C(=O)[C@@H](NC(=O)OC1CCCC1)C(C)(C)C)P(=O)(OCC)OCC. The van der Waals surface area contributed by atoms with E-state index in [9.17, 15) is 24.1 Å². The Morgan fingerprint density at radius 1 is 1.18 bits per heavy atom. The van der Waals surface area contributed by atoms with E-state index >= 15 is 0 Å². The molecule has 1 aliphatic heterocycles. The Kier molecular flexibility index (Phi) is 9.72. The van der Waals surface area contributed by atoms with Crippen LogP contribution in [0.5, 0.6) is 0 Å². The fraction of sp³-hybridized carbons (Fsp3) is 0.808. The summed E-state index contributed by atoms with van der Waals surface area (Å²) in [6.07, 6.45) is 3.73. The molecule has 0 aromatic rings. The minimum Gasteiger partial charge on any atom is -0.446 e. The first-order chi connectivity index (χ1) is 17.8. The van der Waals surface area contributed by atoms with Crippen LogP contribution in [0.2, 0.25) is 0 Å². The summed E-state index contributed by atoms with van der Waals surface area (Å²) in [6, 6.07) is -2.03. The van der Waals surface area contributed by atoms with Crippen molar-refractivity contribution < 1.29 is 37.8 Å². The summed E-state index contributed by atoms with van der Waals surface area (Å²) in [6.45, 7) is 12.8. The highest BCUT2D eigenvalue weighted by atomic mass is 31.2. The van der Waals surface area contributed by atoms with Gasteiger partial charge >= 0.3 is 13.7 Å². The molecule has 0 aromatic heterocycles. The summed E-state index contributed by atoms with van der Waals surface area (Å²) in [5.74, 6) is -1.40. The van der Waals surface area contributed by atoms with Crippen LogP contribution in [0.3, 0.4) is 0 Å². The second-order valence-corrected chi connectivity index (χ2v) is 13.8. The molecule has 38 heavy (non-hydrogen) atoms. The van der Waals surface area contributed by atoms with Gasteiger partial charge in [-0.2, -0.15) is 0 Å². The fourth-order valence-electron chi connectivity index (χ4n) is 5.42. The van der Waals surface area contributed by atoms with E-state index in [4.69, 9.17) is 13.8 Å². The van der Waals surface area contributed by atoms with Crippen molar-refractivity contribution in [2.45, 2.75) is 103 Å². The Morgan fingerprint density at radius 2 is 1.79 bits per heavy atom. The van der Waals surface area contributed by atoms with Crippen LogP contribution in [0.25, 0.3) is 0 Å². The summed E-state index contributed by atoms with van der Waals surface area (Å²) in [7, 11) is -3.76. The van der Waals surface area contributed by atoms with Crippen molar-refractivity contribution in [1.29, 1.82) is 0 Å². The van der Waals surface area contributed by atoms with Crippen LogP contribution in [0, 0.1) is 11.3 Å². The number of ether oxygens (including phenoxy) is 1. The van der Waals surface area contributed by atoms with Gasteiger partial charge in [-0.15, -0.1) is 6.58 Å². The third-order valence-electron chi connectivity index (χ3n) is 7.51. The van der Waals surface area contributed by atoms with E-state index in [1.165, 1.54) is 4.90 Å². The number of hydrogen-bond donors (Lipinski definition) is 3. The van der Waals surface area contributed by atoms with Crippen molar-refractivity contribution in [3.8, 4) is 0 Å².